The van der Waals surface area contributed by atoms with E-state index in [-0.39, 0.29) is 0 Å². The molecule has 0 heteroatoms. The van der Waals surface area contributed by atoms with Gasteiger partial charge in [-0.1, -0.05) is 45.3 Å². The van der Waals surface area contributed by atoms with Crippen LogP contribution in [0.2, 0.25) is 0 Å². The number of rotatable bonds is 5. The van der Waals surface area contributed by atoms with Crippen LogP contribution in [0, 0.1) is 12.8 Å². The van der Waals surface area contributed by atoms with Gasteiger partial charge >= 0.3 is 0 Å². The third kappa shape index (κ3) is 4.60. The Morgan fingerprint density at radius 1 is 1.50 bits per heavy atom. The zero-order valence-corrected chi connectivity index (χ0v) is 7.32. The van der Waals surface area contributed by atoms with Crippen LogP contribution in [0.3, 0.4) is 0 Å². The average molecular weight is 139 g/mol. The van der Waals surface area contributed by atoms with Crippen molar-refractivity contribution >= 4 is 0 Å². The van der Waals surface area contributed by atoms with Crippen LogP contribution in [0.5, 0.6) is 0 Å². The first-order valence-corrected chi connectivity index (χ1v) is 4.20. The van der Waals surface area contributed by atoms with Crippen molar-refractivity contribution in [1.29, 1.82) is 0 Å². The van der Waals surface area contributed by atoms with Gasteiger partial charge in [-0.25, -0.2) is 0 Å². The van der Waals surface area contributed by atoms with Gasteiger partial charge in [0.25, 0.3) is 0 Å². The van der Waals surface area contributed by atoms with Gasteiger partial charge in [-0.3, -0.25) is 0 Å². The predicted octanol–water partition coefficient (Wildman–Crippen LogP) is 3.59. The molecule has 0 aliphatic rings. The van der Waals surface area contributed by atoms with Gasteiger partial charge in [-0.15, -0.1) is 0 Å². The first-order chi connectivity index (χ1) is 4.70. The highest BCUT2D eigenvalue weighted by Gasteiger charge is 1.94. The highest BCUT2D eigenvalue weighted by Crippen LogP contribution is 2.15. The second-order valence-corrected chi connectivity index (χ2v) is 2.98. The summed E-state index contributed by atoms with van der Waals surface area (Å²) in [5.41, 5.74) is 1.37. The lowest BCUT2D eigenvalue weighted by Gasteiger charge is -2.15. The molecule has 0 N–H and O–H groups in total. The van der Waals surface area contributed by atoms with Crippen molar-refractivity contribution in [2.75, 3.05) is 0 Å². The monoisotopic (exact) mass is 139 g/mol. The zero-order chi connectivity index (χ0) is 7.98. The molecule has 0 radical (unpaired) electrons. The highest BCUT2D eigenvalue weighted by molar-refractivity contribution is 4.95. The number of allylic oxidation sites excluding steroid dienone is 1. The SMILES string of the molecule is C=C(CCC)CC([CH2-])CC. The molecular formula is C10H19-. The van der Waals surface area contributed by atoms with Gasteiger partial charge in [0.05, 0.1) is 0 Å². The second kappa shape index (κ2) is 5.52. The van der Waals surface area contributed by atoms with E-state index in [9.17, 15) is 0 Å². The summed E-state index contributed by atoms with van der Waals surface area (Å²) in [5, 5.41) is 0. The van der Waals surface area contributed by atoms with Gasteiger partial charge in [0.15, 0.2) is 0 Å². The molecule has 10 heavy (non-hydrogen) atoms. The average Bonchev–Trinajstić information content (AvgIpc) is 1.88. The summed E-state index contributed by atoms with van der Waals surface area (Å²) in [6, 6.07) is 0. The van der Waals surface area contributed by atoms with Crippen LogP contribution in [-0.4, -0.2) is 0 Å². The standard InChI is InChI=1S/C10H19/c1-5-7-10(4)8-9(3)6-2/h9H,3-8H2,1-2H3/q-1. The first-order valence-electron chi connectivity index (χ1n) is 4.20. The second-order valence-electron chi connectivity index (χ2n) is 2.98. The summed E-state index contributed by atoms with van der Waals surface area (Å²) in [6.07, 6.45) is 4.67. The smallest absolute Gasteiger partial charge is 0.0326 e. The maximum atomic E-state index is 4.02. The fraction of sp³-hybridized carbons (Fsp3) is 0.700. The Bertz CT molecular complexity index is 92.2. The van der Waals surface area contributed by atoms with E-state index in [1.54, 1.807) is 0 Å². The van der Waals surface area contributed by atoms with Gasteiger partial charge < -0.3 is 6.92 Å². The van der Waals surface area contributed by atoms with Gasteiger partial charge in [-0.2, -0.15) is 5.92 Å². The van der Waals surface area contributed by atoms with E-state index in [0.29, 0.717) is 5.92 Å². The Hall–Kier alpha value is -0.260. The quantitative estimate of drug-likeness (QED) is 0.403. The molecule has 0 bridgehead atoms. The van der Waals surface area contributed by atoms with Crippen LogP contribution in [-0.2, 0) is 0 Å². The summed E-state index contributed by atoms with van der Waals surface area (Å²) < 4.78 is 0. The van der Waals surface area contributed by atoms with E-state index in [0.717, 1.165) is 6.42 Å². The molecule has 0 saturated heterocycles. The predicted molar refractivity (Wildman–Crippen MR) is 47.8 cm³/mol. The van der Waals surface area contributed by atoms with Crippen LogP contribution in [0.4, 0.5) is 0 Å². The topological polar surface area (TPSA) is 0 Å². The molecule has 0 nitrogen and oxygen atoms in total. The van der Waals surface area contributed by atoms with Crippen molar-refractivity contribution in [3.63, 3.8) is 0 Å². The molecule has 0 amide bonds. The Morgan fingerprint density at radius 2 is 2.10 bits per heavy atom. The number of hydrogen-bond donors (Lipinski definition) is 0. The molecule has 0 aromatic rings. The fourth-order valence-electron chi connectivity index (χ4n) is 1.01. The minimum Gasteiger partial charge on any atom is -0.340 e. The minimum absolute atomic E-state index is 0.582. The largest absolute Gasteiger partial charge is 0.340 e. The molecule has 0 rings (SSSR count). The van der Waals surface area contributed by atoms with E-state index in [2.05, 4.69) is 27.4 Å². The normalized spacial score (nSPS) is 13.1. The van der Waals surface area contributed by atoms with Crippen molar-refractivity contribution in [2.24, 2.45) is 5.92 Å². The summed E-state index contributed by atoms with van der Waals surface area (Å²) in [7, 11) is 0. The molecule has 0 aliphatic carbocycles. The third-order valence-corrected chi connectivity index (χ3v) is 1.76. The van der Waals surface area contributed by atoms with Crippen molar-refractivity contribution in [3.05, 3.63) is 19.1 Å². The van der Waals surface area contributed by atoms with E-state index in [4.69, 9.17) is 0 Å². The van der Waals surface area contributed by atoms with E-state index in [1.807, 2.05) is 0 Å². The maximum absolute atomic E-state index is 4.02. The lowest BCUT2D eigenvalue weighted by atomic mass is 9.97. The first kappa shape index (κ1) is 9.74. The summed E-state index contributed by atoms with van der Waals surface area (Å²) >= 11 is 0. The van der Waals surface area contributed by atoms with Crippen LogP contribution in [0.15, 0.2) is 12.2 Å². The molecule has 0 aromatic heterocycles. The molecule has 0 aliphatic heterocycles. The highest BCUT2D eigenvalue weighted by atomic mass is 14.1. The Kier molecular flexibility index (Phi) is 5.38. The molecule has 1 unspecified atom stereocenters. The Labute approximate surface area is 65.3 Å². The summed E-state index contributed by atoms with van der Waals surface area (Å²) in [4.78, 5) is 0. The summed E-state index contributed by atoms with van der Waals surface area (Å²) in [6.45, 7) is 12.4. The molecule has 0 heterocycles. The van der Waals surface area contributed by atoms with Crippen LogP contribution >= 0.6 is 0 Å². The Balaban J connectivity index is 3.37. The molecular weight excluding hydrogens is 120 g/mol. The van der Waals surface area contributed by atoms with Gasteiger partial charge in [0.2, 0.25) is 0 Å². The van der Waals surface area contributed by atoms with Crippen molar-refractivity contribution in [1.82, 2.24) is 0 Å². The minimum atomic E-state index is 0.582. The molecule has 0 spiro atoms. The molecule has 0 saturated carbocycles. The van der Waals surface area contributed by atoms with E-state index >= 15 is 0 Å². The van der Waals surface area contributed by atoms with Gasteiger partial charge in [-0.05, 0) is 6.42 Å². The lowest BCUT2D eigenvalue weighted by Crippen LogP contribution is -1.94. The van der Waals surface area contributed by atoms with Crippen LogP contribution < -0.4 is 0 Å². The molecule has 1 atom stereocenters. The molecule has 0 fully saturated rings. The third-order valence-electron chi connectivity index (χ3n) is 1.76. The lowest BCUT2D eigenvalue weighted by molar-refractivity contribution is 0.601. The zero-order valence-electron chi connectivity index (χ0n) is 7.32. The maximum Gasteiger partial charge on any atom is -0.0326 e. The molecule has 0 aromatic carbocycles. The summed E-state index contributed by atoms with van der Waals surface area (Å²) in [5.74, 6) is 0.582. The van der Waals surface area contributed by atoms with E-state index < -0.39 is 0 Å². The Morgan fingerprint density at radius 3 is 2.50 bits per heavy atom. The van der Waals surface area contributed by atoms with Crippen LogP contribution in [0.1, 0.15) is 39.5 Å². The van der Waals surface area contributed by atoms with Crippen molar-refractivity contribution in [3.8, 4) is 0 Å². The fourth-order valence-corrected chi connectivity index (χ4v) is 1.01. The van der Waals surface area contributed by atoms with Gasteiger partial charge in [0.1, 0.15) is 0 Å². The van der Waals surface area contributed by atoms with Crippen LogP contribution in [0.25, 0.3) is 0 Å². The number of hydrogen-bond acceptors (Lipinski definition) is 0. The molecule has 60 valence electrons. The van der Waals surface area contributed by atoms with Crippen molar-refractivity contribution in [2.45, 2.75) is 39.5 Å². The van der Waals surface area contributed by atoms with Gasteiger partial charge in [0, 0.05) is 0 Å². The van der Waals surface area contributed by atoms with E-state index in [1.165, 1.54) is 24.8 Å². The van der Waals surface area contributed by atoms with Crippen molar-refractivity contribution < 1.29 is 0 Å².